The molecule has 110 valence electrons. The number of rotatable bonds is 4. The number of anilines is 1. The van der Waals surface area contributed by atoms with Crippen LogP contribution in [0.25, 0.3) is 0 Å². The van der Waals surface area contributed by atoms with Crippen LogP contribution >= 0.6 is 11.6 Å². The fourth-order valence-corrected chi connectivity index (χ4v) is 2.27. The first-order chi connectivity index (χ1) is 9.91. The fraction of sp³-hybridized carbons (Fsp3) is 0.200. The van der Waals surface area contributed by atoms with E-state index < -0.39 is 11.9 Å². The molecule has 0 fully saturated rings. The van der Waals surface area contributed by atoms with E-state index in [0.29, 0.717) is 5.69 Å². The number of aromatic nitrogens is 1. The molecule has 0 bridgehead atoms. The van der Waals surface area contributed by atoms with Gasteiger partial charge in [-0.3, -0.25) is 4.79 Å². The van der Waals surface area contributed by atoms with Crippen molar-refractivity contribution < 1.29 is 14.7 Å². The van der Waals surface area contributed by atoms with Crippen LogP contribution in [0.5, 0.6) is 0 Å². The van der Waals surface area contributed by atoms with Gasteiger partial charge in [-0.05, 0) is 38.1 Å². The number of aromatic carboxylic acids is 1. The molecule has 1 aromatic carbocycles. The highest BCUT2D eigenvalue weighted by molar-refractivity contribution is 6.34. The van der Waals surface area contributed by atoms with Gasteiger partial charge in [0, 0.05) is 12.2 Å². The smallest absolute Gasteiger partial charge is 0.337 e. The zero-order valence-electron chi connectivity index (χ0n) is 11.6. The van der Waals surface area contributed by atoms with Crippen LogP contribution in [0.3, 0.4) is 0 Å². The summed E-state index contributed by atoms with van der Waals surface area (Å²) in [5.74, 6) is -1.55. The van der Waals surface area contributed by atoms with Crippen LogP contribution in [0.2, 0.25) is 5.02 Å². The van der Waals surface area contributed by atoms with Crippen molar-refractivity contribution >= 4 is 29.2 Å². The second-order valence-corrected chi connectivity index (χ2v) is 5.22. The van der Waals surface area contributed by atoms with Crippen molar-refractivity contribution in [1.29, 1.82) is 0 Å². The van der Waals surface area contributed by atoms with E-state index in [9.17, 15) is 9.59 Å². The minimum Gasteiger partial charge on any atom is -0.478 e. The summed E-state index contributed by atoms with van der Waals surface area (Å²) in [4.78, 5) is 23.5. The Morgan fingerprint density at radius 1 is 1.24 bits per heavy atom. The number of carboxylic acids is 1. The predicted octanol–water partition coefficient (Wildman–Crippen LogP) is 3.67. The van der Waals surface area contributed by atoms with E-state index in [-0.39, 0.29) is 22.3 Å². The molecule has 0 aliphatic rings. The first-order valence-electron chi connectivity index (χ1n) is 6.41. The van der Waals surface area contributed by atoms with Gasteiger partial charge in [0.1, 0.15) is 5.69 Å². The van der Waals surface area contributed by atoms with Gasteiger partial charge in [-0.1, -0.05) is 17.7 Å². The van der Waals surface area contributed by atoms with Crippen LogP contribution in [0, 0.1) is 0 Å². The van der Waals surface area contributed by atoms with Crippen LogP contribution in [0.4, 0.5) is 5.69 Å². The normalized spacial score (nSPS) is 10.7. The molecule has 0 saturated carbocycles. The molecule has 2 rings (SSSR count). The third kappa shape index (κ3) is 3.08. The minimum atomic E-state index is -1.15. The number of carbonyl (C=O) groups excluding carboxylic acids is 1. The molecule has 0 aliphatic carbocycles. The van der Waals surface area contributed by atoms with Gasteiger partial charge < -0.3 is 15.0 Å². The van der Waals surface area contributed by atoms with Crippen molar-refractivity contribution in [2.75, 3.05) is 5.32 Å². The number of carboxylic acid groups (broad SMARTS) is 1. The molecule has 21 heavy (non-hydrogen) atoms. The van der Waals surface area contributed by atoms with Gasteiger partial charge >= 0.3 is 5.97 Å². The quantitative estimate of drug-likeness (QED) is 0.905. The Morgan fingerprint density at radius 2 is 1.95 bits per heavy atom. The summed E-state index contributed by atoms with van der Waals surface area (Å²) in [6.07, 6.45) is 1.80. The number of para-hydroxylation sites is 1. The second kappa shape index (κ2) is 6.01. The van der Waals surface area contributed by atoms with Gasteiger partial charge in [0.15, 0.2) is 0 Å². The van der Waals surface area contributed by atoms with Gasteiger partial charge in [-0.25, -0.2) is 4.79 Å². The Morgan fingerprint density at radius 3 is 2.57 bits per heavy atom. The first kappa shape index (κ1) is 15.1. The maximum Gasteiger partial charge on any atom is 0.337 e. The maximum atomic E-state index is 12.3. The third-order valence-electron chi connectivity index (χ3n) is 3.05. The Bertz CT molecular complexity index is 692. The van der Waals surface area contributed by atoms with Crippen LogP contribution < -0.4 is 5.32 Å². The molecule has 2 N–H and O–H groups in total. The van der Waals surface area contributed by atoms with E-state index in [1.54, 1.807) is 22.9 Å². The summed E-state index contributed by atoms with van der Waals surface area (Å²) < 4.78 is 1.80. The number of hydrogen-bond donors (Lipinski definition) is 2. The molecule has 0 saturated heterocycles. The number of carbonyl (C=O) groups is 2. The number of nitrogens with one attached hydrogen (secondary N) is 1. The summed E-state index contributed by atoms with van der Waals surface area (Å²) in [5.41, 5.74) is 0.507. The summed E-state index contributed by atoms with van der Waals surface area (Å²) in [6.45, 7) is 3.91. The van der Waals surface area contributed by atoms with Gasteiger partial charge in [0.2, 0.25) is 0 Å². The Labute approximate surface area is 127 Å². The molecule has 0 spiro atoms. The van der Waals surface area contributed by atoms with E-state index in [1.165, 1.54) is 18.2 Å². The molecule has 6 heteroatoms. The van der Waals surface area contributed by atoms with E-state index >= 15 is 0 Å². The van der Waals surface area contributed by atoms with E-state index in [0.717, 1.165) is 0 Å². The average molecular weight is 307 g/mol. The molecular formula is C15H15ClN2O3. The number of amides is 1. The van der Waals surface area contributed by atoms with E-state index in [1.807, 2.05) is 13.8 Å². The lowest BCUT2D eigenvalue weighted by Crippen LogP contribution is -2.19. The number of hydrogen-bond acceptors (Lipinski definition) is 2. The molecule has 1 aromatic heterocycles. The highest BCUT2D eigenvalue weighted by Gasteiger charge is 2.18. The second-order valence-electron chi connectivity index (χ2n) is 4.82. The van der Waals surface area contributed by atoms with Crippen molar-refractivity contribution in [3.63, 3.8) is 0 Å². The predicted molar refractivity (Wildman–Crippen MR) is 81.2 cm³/mol. The highest BCUT2D eigenvalue weighted by Crippen LogP contribution is 2.27. The molecule has 2 aromatic rings. The largest absolute Gasteiger partial charge is 0.478 e. The summed E-state index contributed by atoms with van der Waals surface area (Å²) in [5, 5.41) is 11.9. The Kier molecular flexibility index (Phi) is 4.33. The first-order valence-corrected chi connectivity index (χ1v) is 6.79. The molecule has 1 amide bonds. The van der Waals surface area contributed by atoms with Gasteiger partial charge in [-0.2, -0.15) is 0 Å². The zero-order chi connectivity index (χ0) is 15.6. The summed E-state index contributed by atoms with van der Waals surface area (Å²) in [7, 11) is 0. The number of halogens is 1. The van der Waals surface area contributed by atoms with Crippen LogP contribution in [-0.2, 0) is 0 Å². The third-order valence-corrected chi connectivity index (χ3v) is 3.37. The maximum absolute atomic E-state index is 12.3. The lowest BCUT2D eigenvalue weighted by molar-refractivity contribution is 0.0698. The van der Waals surface area contributed by atoms with Gasteiger partial charge in [0.25, 0.3) is 5.91 Å². The van der Waals surface area contributed by atoms with Gasteiger partial charge in [0.05, 0.1) is 16.3 Å². The Balaban J connectivity index is 2.36. The van der Waals surface area contributed by atoms with Crippen molar-refractivity contribution in [3.8, 4) is 0 Å². The van der Waals surface area contributed by atoms with Crippen molar-refractivity contribution in [3.05, 3.63) is 52.8 Å². The number of nitrogens with zero attached hydrogens (tertiary/aromatic N) is 1. The molecule has 1 heterocycles. The van der Waals surface area contributed by atoms with Crippen molar-refractivity contribution in [1.82, 2.24) is 4.57 Å². The lowest BCUT2D eigenvalue weighted by atomic mass is 10.1. The highest BCUT2D eigenvalue weighted by atomic mass is 35.5. The molecule has 0 unspecified atom stereocenters. The molecule has 0 aliphatic heterocycles. The van der Waals surface area contributed by atoms with Crippen LogP contribution in [0.1, 0.15) is 40.7 Å². The topological polar surface area (TPSA) is 71.3 Å². The fourth-order valence-electron chi connectivity index (χ4n) is 2.04. The summed E-state index contributed by atoms with van der Waals surface area (Å²) in [6, 6.07) is 8.01. The number of benzene rings is 1. The lowest BCUT2D eigenvalue weighted by Gasteiger charge is -2.14. The van der Waals surface area contributed by atoms with Crippen molar-refractivity contribution in [2.45, 2.75) is 19.9 Å². The molecular weight excluding hydrogens is 292 g/mol. The molecule has 5 nitrogen and oxygen atoms in total. The minimum absolute atomic E-state index is 0.0431. The van der Waals surface area contributed by atoms with Crippen LogP contribution in [-0.4, -0.2) is 21.6 Å². The van der Waals surface area contributed by atoms with Gasteiger partial charge in [-0.15, -0.1) is 0 Å². The van der Waals surface area contributed by atoms with E-state index in [2.05, 4.69) is 5.32 Å². The Hall–Kier alpha value is -2.27. The SMILES string of the molecule is CC(C)n1cccc1C(=O)Nc1c(Cl)cccc1C(=O)O. The van der Waals surface area contributed by atoms with Crippen LogP contribution in [0.15, 0.2) is 36.5 Å². The monoisotopic (exact) mass is 306 g/mol. The molecule has 0 atom stereocenters. The van der Waals surface area contributed by atoms with E-state index in [4.69, 9.17) is 16.7 Å². The zero-order valence-corrected chi connectivity index (χ0v) is 12.4. The standard InChI is InChI=1S/C15H15ClN2O3/c1-9(2)18-8-4-7-12(18)14(19)17-13-10(15(20)21)5-3-6-11(13)16/h3-9H,1-2H3,(H,17,19)(H,20,21). The average Bonchev–Trinajstić information content (AvgIpc) is 2.90. The summed E-state index contributed by atoms with van der Waals surface area (Å²) >= 11 is 6.00. The van der Waals surface area contributed by atoms with Crippen molar-refractivity contribution in [2.24, 2.45) is 0 Å². The molecule has 0 radical (unpaired) electrons.